The van der Waals surface area contributed by atoms with Gasteiger partial charge >= 0.3 is 5.97 Å². The van der Waals surface area contributed by atoms with Crippen molar-refractivity contribution in [2.45, 2.75) is 20.4 Å². The number of carbonyl (C=O) groups excluding carboxylic acids is 1. The number of amides is 1. The van der Waals surface area contributed by atoms with Gasteiger partial charge in [-0.2, -0.15) is 0 Å². The number of carboxylic acid groups (broad SMARTS) is 1. The van der Waals surface area contributed by atoms with Crippen LogP contribution in [0.1, 0.15) is 19.4 Å². The van der Waals surface area contributed by atoms with E-state index in [1.54, 1.807) is 0 Å². The number of hydrogen-bond acceptors (Lipinski definition) is 2. The number of aliphatic carboxylic acids is 1. The summed E-state index contributed by atoms with van der Waals surface area (Å²) in [6.07, 6.45) is 3.83. The number of aromatic nitrogens is 1. The minimum atomic E-state index is -0.889. The Kier molecular flexibility index (Phi) is 2.92. The SMILES string of the molecule is Cn1ccc(CNC(=O)C2C(C(=O)O)C2(C)C)c1. The third kappa shape index (κ3) is 2.12. The molecule has 5 heteroatoms. The van der Waals surface area contributed by atoms with Crippen LogP contribution in [0.25, 0.3) is 0 Å². The first-order chi connectivity index (χ1) is 8.34. The highest BCUT2D eigenvalue weighted by Gasteiger charge is 2.65. The first-order valence-corrected chi connectivity index (χ1v) is 5.95. The van der Waals surface area contributed by atoms with Gasteiger partial charge in [0.15, 0.2) is 0 Å². The quantitative estimate of drug-likeness (QED) is 0.837. The highest BCUT2D eigenvalue weighted by atomic mass is 16.4. The summed E-state index contributed by atoms with van der Waals surface area (Å²) in [4.78, 5) is 22.9. The molecule has 18 heavy (non-hydrogen) atoms. The first-order valence-electron chi connectivity index (χ1n) is 5.95. The van der Waals surface area contributed by atoms with Crippen LogP contribution in [-0.2, 0) is 23.2 Å². The molecule has 98 valence electrons. The average Bonchev–Trinajstić information content (AvgIpc) is 2.63. The second-order valence-corrected chi connectivity index (χ2v) is 5.52. The maximum atomic E-state index is 11.9. The highest BCUT2D eigenvalue weighted by molar-refractivity contribution is 5.91. The third-order valence-corrected chi connectivity index (χ3v) is 3.74. The van der Waals surface area contributed by atoms with E-state index < -0.39 is 23.2 Å². The van der Waals surface area contributed by atoms with Crippen molar-refractivity contribution in [2.24, 2.45) is 24.3 Å². The standard InChI is InChI=1S/C13H18N2O3/c1-13(2)9(10(13)12(17)18)11(16)14-6-8-4-5-15(3)7-8/h4-5,7,9-10H,6H2,1-3H3,(H,14,16)(H,17,18). The summed E-state index contributed by atoms with van der Waals surface area (Å²) in [5, 5.41) is 11.8. The van der Waals surface area contributed by atoms with E-state index in [0.717, 1.165) is 5.56 Å². The fourth-order valence-electron chi connectivity index (χ4n) is 2.55. The van der Waals surface area contributed by atoms with Crippen LogP contribution in [0.4, 0.5) is 0 Å². The van der Waals surface area contributed by atoms with E-state index in [0.29, 0.717) is 6.54 Å². The molecule has 2 unspecified atom stereocenters. The average molecular weight is 250 g/mol. The number of carboxylic acids is 1. The van der Waals surface area contributed by atoms with Gasteiger partial charge in [0.2, 0.25) is 5.91 Å². The number of hydrogen-bond donors (Lipinski definition) is 2. The van der Waals surface area contributed by atoms with Gasteiger partial charge in [-0.15, -0.1) is 0 Å². The Morgan fingerprint density at radius 2 is 2.11 bits per heavy atom. The summed E-state index contributed by atoms with van der Waals surface area (Å²) in [6.45, 7) is 4.08. The lowest BCUT2D eigenvalue weighted by Crippen LogP contribution is -2.26. The summed E-state index contributed by atoms with van der Waals surface area (Å²) >= 11 is 0. The Hall–Kier alpha value is -1.78. The maximum absolute atomic E-state index is 11.9. The zero-order valence-corrected chi connectivity index (χ0v) is 10.8. The number of nitrogens with zero attached hydrogens (tertiary/aromatic N) is 1. The molecule has 0 aliphatic heterocycles. The first kappa shape index (κ1) is 12.7. The largest absolute Gasteiger partial charge is 0.481 e. The highest BCUT2D eigenvalue weighted by Crippen LogP contribution is 2.58. The molecular formula is C13H18N2O3. The number of aryl methyl sites for hydroxylation is 1. The molecule has 1 saturated carbocycles. The van der Waals surface area contributed by atoms with Gasteiger partial charge in [-0.25, -0.2) is 0 Å². The number of carbonyl (C=O) groups is 2. The molecule has 1 aromatic heterocycles. The molecule has 2 rings (SSSR count). The van der Waals surface area contributed by atoms with E-state index in [4.69, 9.17) is 5.11 Å². The Bertz CT molecular complexity index is 490. The van der Waals surface area contributed by atoms with Crippen LogP contribution < -0.4 is 5.32 Å². The van der Waals surface area contributed by atoms with Crippen LogP contribution in [-0.4, -0.2) is 21.6 Å². The number of nitrogens with one attached hydrogen (secondary N) is 1. The molecule has 0 spiro atoms. The Morgan fingerprint density at radius 3 is 2.56 bits per heavy atom. The van der Waals surface area contributed by atoms with E-state index in [2.05, 4.69) is 5.32 Å². The molecule has 1 heterocycles. The summed E-state index contributed by atoms with van der Waals surface area (Å²) < 4.78 is 1.91. The minimum absolute atomic E-state index is 0.170. The molecule has 0 bridgehead atoms. The monoisotopic (exact) mass is 250 g/mol. The van der Waals surface area contributed by atoms with Gasteiger partial charge in [0, 0.05) is 26.0 Å². The van der Waals surface area contributed by atoms with Crippen molar-refractivity contribution >= 4 is 11.9 Å². The fraction of sp³-hybridized carbons (Fsp3) is 0.538. The van der Waals surface area contributed by atoms with Crippen molar-refractivity contribution < 1.29 is 14.7 Å². The molecule has 0 radical (unpaired) electrons. The predicted octanol–water partition coefficient (Wildman–Crippen LogP) is 0.998. The molecule has 0 aromatic carbocycles. The second-order valence-electron chi connectivity index (χ2n) is 5.52. The van der Waals surface area contributed by atoms with E-state index in [-0.39, 0.29) is 5.91 Å². The van der Waals surface area contributed by atoms with E-state index in [1.165, 1.54) is 0 Å². The smallest absolute Gasteiger partial charge is 0.307 e. The predicted molar refractivity (Wildman–Crippen MR) is 65.7 cm³/mol. The lowest BCUT2D eigenvalue weighted by atomic mass is 10.1. The summed E-state index contributed by atoms with van der Waals surface area (Å²) in [5.74, 6) is -2.04. The molecule has 1 amide bonds. The van der Waals surface area contributed by atoms with Gasteiger partial charge in [-0.1, -0.05) is 13.8 Å². The Labute approximate surface area is 106 Å². The van der Waals surface area contributed by atoms with Crippen LogP contribution in [0.2, 0.25) is 0 Å². The lowest BCUT2D eigenvalue weighted by Gasteiger charge is -2.04. The van der Waals surface area contributed by atoms with Gasteiger partial charge in [0.1, 0.15) is 0 Å². The molecular weight excluding hydrogens is 232 g/mol. The van der Waals surface area contributed by atoms with Crippen molar-refractivity contribution in [3.63, 3.8) is 0 Å². The Balaban J connectivity index is 1.92. The van der Waals surface area contributed by atoms with E-state index >= 15 is 0 Å². The molecule has 1 aromatic rings. The summed E-state index contributed by atoms with van der Waals surface area (Å²) in [5.41, 5.74) is 0.572. The van der Waals surface area contributed by atoms with Crippen molar-refractivity contribution in [3.8, 4) is 0 Å². The molecule has 2 N–H and O–H groups in total. The van der Waals surface area contributed by atoms with Gasteiger partial charge in [-0.05, 0) is 17.0 Å². The number of rotatable bonds is 4. The molecule has 2 atom stereocenters. The maximum Gasteiger partial charge on any atom is 0.307 e. The Morgan fingerprint density at radius 1 is 1.44 bits per heavy atom. The van der Waals surface area contributed by atoms with Crippen molar-refractivity contribution in [1.82, 2.24) is 9.88 Å². The van der Waals surface area contributed by atoms with Crippen LogP contribution in [0.5, 0.6) is 0 Å². The lowest BCUT2D eigenvalue weighted by molar-refractivity contribution is -0.140. The van der Waals surface area contributed by atoms with Crippen LogP contribution in [0.3, 0.4) is 0 Å². The van der Waals surface area contributed by atoms with Crippen molar-refractivity contribution in [2.75, 3.05) is 0 Å². The molecule has 0 saturated heterocycles. The zero-order valence-electron chi connectivity index (χ0n) is 10.8. The minimum Gasteiger partial charge on any atom is -0.481 e. The molecule has 1 aliphatic carbocycles. The van der Waals surface area contributed by atoms with Gasteiger partial charge in [0.05, 0.1) is 11.8 Å². The van der Waals surface area contributed by atoms with Crippen molar-refractivity contribution in [1.29, 1.82) is 0 Å². The molecule has 1 aliphatic rings. The van der Waals surface area contributed by atoms with Gasteiger partial charge in [-0.3, -0.25) is 9.59 Å². The summed E-state index contributed by atoms with van der Waals surface area (Å²) in [7, 11) is 1.91. The zero-order chi connectivity index (χ0) is 13.5. The molecule has 1 fully saturated rings. The summed E-state index contributed by atoms with van der Waals surface area (Å²) in [6, 6.07) is 1.92. The third-order valence-electron chi connectivity index (χ3n) is 3.74. The topological polar surface area (TPSA) is 71.3 Å². The van der Waals surface area contributed by atoms with E-state index in [9.17, 15) is 9.59 Å². The van der Waals surface area contributed by atoms with Gasteiger partial charge in [0.25, 0.3) is 0 Å². The second kappa shape index (κ2) is 4.15. The molecule has 5 nitrogen and oxygen atoms in total. The van der Waals surface area contributed by atoms with E-state index in [1.807, 2.05) is 43.9 Å². The van der Waals surface area contributed by atoms with Crippen LogP contribution in [0.15, 0.2) is 18.5 Å². The van der Waals surface area contributed by atoms with Gasteiger partial charge < -0.3 is 15.0 Å². The van der Waals surface area contributed by atoms with Crippen molar-refractivity contribution in [3.05, 3.63) is 24.0 Å². The fourth-order valence-corrected chi connectivity index (χ4v) is 2.55. The van der Waals surface area contributed by atoms with Crippen LogP contribution in [0, 0.1) is 17.3 Å². The van der Waals surface area contributed by atoms with Crippen LogP contribution >= 0.6 is 0 Å². The normalized spacial score (nSPS) is 24.6.